The zero-order valence-corrected chi connectivity index (χ0v) is 16.5. The van der Waals surface area contributed by atoms with E-state index in [0.29, 0.717) is 12.1 Å². The molecule has 146 valence electrons. The van der Waals surface area contributed by atoms with Crippen LogP contribution < -0.4 is 5.32 Å². The molecule has 1 heterocycles. The maximum atomic E-state index is 12.8. The molecule has 0 aliphatic carbocycles. The summed E-state index contributed by atoms with van der Waals surface area (Å²) < 4.78 is 27.0. The fraction of sp³-hybridized carbons (Fsp3) is 0.200. The molecule has 2 aromatic carbocycles. The Morgan fingerprint density at radius 2 is 1.82 bits per heavy atom. The van der Waals surface area contributed by atoms with Crippen molar-refractivity contribution in [2.75, 3.05) is 13.3 Å². The Balaban J connectivity index is 1.73. The number of nitrogens with zero attached hydrogens (tertiary/aromatic N) is 3. The van der Waals surface area contributed by atoms with Crippen molar-refractivity contribution in [2.45, 2.75) is 12.6 Å². The molecule has 0 spiro atoms. The second-order valence-corrected chi connectivity index (χ2v) is 8.49. The Morgan fingerprint density at radius 3 is 2.39 bits per heavy atom. The number of benzene rings is 2. The van der Waals surface area contributed by atoms with Crippen LogP contribution in [0, 0.1) is 0 Å². The minimum absolute atomic E-state index is 0.296. The molecular weight excluding hydrogens is 376 g/mol. The fourth-order valence-electron chi connectivity index (χ4n) is 2.84. The van der Waals surface area contributed by atoms with E-state index in [9.17, 15) is 13.2 Å². The van der Waals surface area contributed by atoms with Crippen molar-refractivity contribution >= 4 is 15.9 Å². The van der Waals surface area contributed by atoms with Gasteiger partial charge in [-0.3, -0.25) is 4.79 Å². The minimum atomic E-state index is -3.55. The summed E-state index contributed by atoms with van der Waals surface area (Å²) in [5, 5.41) is 2.84. The first-order valence-corrected chi connectivity index (χ1v) is 10.5. The summed E-state index contributed by atoms with van der Waals surface area (Å²) in [5.41, 5.74) is 2.49. The summed E-state index contributed by atoms with van der Waals surface area (Å²) in [6.45, 7) is 0.296. The van der Waals surface area contributed by atoms with Crippen LogP contribution in [0.3, 0.4) is 0 Å². The largest absolute Gasteiger partial charge is 0.350 e. The van der Waals surface area contributed by atoms with E-state index < -0.39 is 16.1 Å². The van der Waals surface area contributed by atoms with E-state index in [-0.39, 0.29) is 5.91 Å². The van der Waals surface area contributed by atoms with Crippen molar-refractivity contribution < 1.29 is 13.2 Å². The lowest BCUT2D eigenvalue weighted by Gasteiger charge is -2.25. The number of hydrogen-bond acceptors (Lipinski definition) is 4. The molecule has 0 aliphatic heterocycles. The van der Waals surface area contributed by atoms with Crippen molar-refractivity contribution in [1.29, 1.82) is 0 Å². The Kier molecular flexibility index (Phi) is 5.91. The summed E-state index contributed by atoms with van der Waals surface area (Å²) in [4.78, 5) is 16.8. The molecule has 0 bridgehead atoms. The van der Waals surface area contributed by atoms with E-state index in [1.54, 1.807) is 36.8 Å². The van der Waals surface area contributed by atoms with Crippen LogP contribution in [0.2, 0.25) is 0 Å². The van der Waals surface area contributed by atoms with Crippen molar-refractivity contribution in [3.63, 3.8) is 0 Å². The number of aromatic nitrogens is 2. The third-order valence-corrected chi connectivity index (χ3v) is 5.71. The van der Waals surface area contributed by atoms with Gasteiger partial charge in [-0.1, -0.05) is 42.5 Å². The minimum Gasteiger partial charge on any atom is -0.350 e. The lowest BCUT2D eigenvalue weighted by Crippen LogP contribution is -2.41. The molecule has 0 saturated heterocycles. The number of amides is 1. The molecule has 1 aromatic heterocycles. The lowest BCUT2D eigenvalue weighted by atomic mass is 10.1. The first-order valence-electron chi connectivity index (χ1n) is 8.69. The number of carbonyl (C=O) groups excluding carboxylic acids is 1. The van der Waals surface area contributed by atoms with Crippen LogP contribution in [0.15, 0.2) is 73.3 Å². The van der Waals surface area contributed by atoms with Gasteiger partial charge in [0.25, 0.3) is 0 Å². The van der Waals surface area contributed by atoms with Gasteiger partial charge in [0, 0.05) is 31.7 Å². The normalized spacial score (nSPS) is 12.7. The van der Waals surface area contributed by atoms with Gasteiger partial charge in [0.15, 0.2) is 0 Å². The predicted octanol–water partition coefficient (Wildman–Crippen LogP) is 2.12. The number of sulfonamides is 1. The second-order valence-electron chi connectivity index (χ2n) is 6.45. The van der Waals surface area contributed by atoms with Crippen LogP contribution in [-0.2, 0) is 21.4 Å². The van der Waals surface area contributed by atoms with Crippen LogP contribution in [0.4, 0.5) is 0 Å². The van der Waals surface area contributed by atoms with E-state index in [1.165, 1.54) is 7.05 Å². The number of imidazole rings is 1. The van der Waals surface area contributed by atoms with Crippen LogP contribution in [0.25, 0.3) is 5.69 Å². The van der Waals surface area contributed by atoms with Gasteiger partial charge in [-0.05, 0) is 23.3 Å². The van der Waals surface area contributed by atoms with Crippen LogP contribution in [-0.4, -0.2) is 41.5 Å². The Labute approximate surface area is 164 Å². The van der Waals surface area contributed by atoms with Crippen LogP contribution in [0.5, 0.6) is 0 Å². The smallest absolute Gasteiger partial charge is 0.243 e. The van der Waals surface area contributed by atoms with Crippen molar-refractivity contribution in [3.05, 3.63) is 84.4 Å². The lowest BCUT2D eigenvalue weighted by molar-refractivity contribution is -0.124. The molecule has 0 saturated carbocycles. The maximum absolute atomic E-state index is 12.8. The number of hydrogen-bond donors (Lipinski definition) is 1. The van der Waals surface area contributed by atoms with Gasteiger partial charge in [-0.15, -0.1) is 0 Å². The molecule has 1 N–H and O–H groups in total. The van der Waals surface area contributed by atoms with E-state index in [1.807, 2.05) is 41.1 Å². The van der Waals surface area contributed by atoms with Gasteiger partial charge < -0.3 is 9.88 Å². The molecule has 3 rings (SSSR count). The number of nitrogens with one attached hydrogen (secondary N) is 1. The highest BCUT2D eigenvalue weighted by Gasteiger charge is 2.30. The molecule has 0 fully saturated rings. The molecule has 1 atom stereocenters. The first-order chi connectivity index (χ1) is 13.4. The Bertz CT molecular complexity index is 1020. The monoisotopic (exact) mass is 398 g/mol. The Hall–Kier alpha value is -2.97. The number of likely N-dealkylation sites (N-methyl/N-ethyl adjacent to an activating group) is 1. The van der Waals surface area contributed by atoms with Gasteiger partial charge in [-0.25, -0.2) is 13.4 Å². The quantitative estimate of drug-likeness (QED) is 0.661. The molecule has 28 heavy (non-hydrogen) atoms. The predicted molar refractivity (Wildman–Crippen MR) is 107 cm³/mol. The third-order valence-electron chi connectivity index (χ3n) is 4.46. The average Bonchev–Trinajstić information content (AvgIpc) is 3.22. The molecule has 7 nitrogen and oxygen atoms in total. The van der Waals surface area contributed by atoms with Crippen molar-refractivity contribution in [3.8, 4) is 5.69 Å². The summed E-state index contributed by atoms with van der Waals surface area (Å²) in [7, 11) is -2.14. The van der Waals surface area contributed by atoms with E-state index in [4.69, 9.17) is 0 Å². The second kappa shape index (κ2) is 8.37. The highest BCUT2D eigenvalue weighted by atomic mass is 32.2. The van der Waals surface area contributed by atoms with Crippen LogP contribution in [0.1, 0.15) is 17.2 Å². The summed E-state index contributed by atoms with van der Waals surface area (Å²) in [5.74, 6) is -0.377. The zero-order valence-electron chi connectivity index (χ0n) is 15.7. The highest BCUT2D eigenvalue weighted by Crippen LogP contribution is 2.22. The van der Waals surface area contributed by atoms with Gasteiger partial charge in [0.1, 0.15) is 6.04 Å². The van der Waals surface area contributed by atoms with E-state index in [0.717, 1.165) is 21.8 Å². The number of carbonyl (C=O) groups is 1. The Morgan fingerprint density at radius 1 is 1.14 bits per heavy atom. The van der Waals surface area contributed by atoms with E-state index >= 15 is 0 Å². The highest BCUT2D eigenvalue weighted by molar-refractivity contribution is 7.88. The summed E-state index contributed by atoms with van der Waals surface area (Å²) in [6, 6.07) is 15.6. The fourth-order valence-corrected chi connectivity index (χ4v) is 3.44. The molecule has 0 aliphatic rings. The van der Waals surface area contributed by atoms with Gasteiger partial charge >= 0.3 is 0 Å². The maximum Gasteiger partial charge on any atom is 0.243 e. The van der Waals surface area contributed by atoms with Gasteiger partial charge in [-0.2, -0.15) is 4.31 Å². The SMILES string of the molecule is CN(C(C(=O)NCc1ccc(-n2ccnc2)cc1)c1ccccc1)S(C)(=O)=O. The molecule has 1 unspecified atom stereocenters. The topological polar surface area (TPSA) is 84.3 Å². The third kappa shape index (κ3) is 4.65. The average molecular weight is 398 g/mol. The molecule has 3 aromatic rings. The molecular formula is C20H22N4O3S. The van der Waals surface area contributed by atoms with Crippen molar-refractivity contribution in [2.24, 2.45) is 0 Å². The summed E-state index contributed by atoms with van der Waals surface area (Å²) >= 11 is 0. The first kappa shape index (κ1) is 19.8. The molecule has 1 amide bonds. The van der Waals surface area contributed by atoms with Gasteiger partial charge in [0.2, 0.25) is 15.9 Å². The standard InChI is InChI=1S/C20H22N4O3S/c1-23(28(2,26)27)19(17-6-4-3-5-7-17)20(25)22-14-16-8-10-18(11-9-16)24-13-12-21-15-24/h3-13,15,19H,14H2,1-2H3,(H,22,25). The number of rotatable bonds is 7. The van der Waals surface area contributed by atoms with E-state index in [2.05, 4.69) is 10.3 Å². The zero-order chi connectivity index (χ0) is 20.1. The molecule has 8 heteroatoms. The van der Waals surface area contributed by atoms with Crippen LogP contribution >= 0.6 is 0 Å². The van der Waals surface area contributed by atoms with Gasteiger partial charge in [0.05, 0.1) is 12.6 Å². The molecule has 0 radical (unpaired) electrons. The van der Waals surface area contributed by atoms with Crippen molar-refractivity contribution in [1.82, 2.24) is 19.2 Å². The summed E-state index contributed by atoms with van der Waals surface area (Å²) in [6.07, 6.45) is 6.35.